The molecule has 12 heteroatoms. The molecule has 1 unspecified atom stereocenters. The third-order valence-corrected chi connectivity index (χ3v) is 7.05. The summed E-state index contributed by atoms with van der Waals surface area (Å²) in [5.74, 6) is -0.789. The molecule has 2 N–H and O–H groups in total. The van der Waals surface area contributed by atoms with Crippen molar-refractivity contribution in [2.75, 3.05) is 18.4 Å². The van der Waals surface area contributed by atoms with E-state index in [1.807, 2.05) is 0 Å². The van der Waals surface area contributed by atoms with Crippen molar-refractivity contribution in [3.8, 4) is 0 Å². The lowest BCUT2D eigenvalue weighted by molar-refractivity contribution is -0.0448. The Kier molecular flexibility index (Phi) is 6.69. The summed E-state index contributed by atoms with van der Waals surface area (Å²) in [4.78, 5) is 19.1. The molecule has 1 aliphatic rings. The van der Waals surface area contributed by atoms with E-state index in [1.54, 1.807) is 35.9 Å². The first-order valence-corrected chi connectivity index (χ1v) is 12.2. The van der Waals surface area contributed by atoms with Crippen LogP contribution in [0.15, 0.2) is 48.7 Å². The minimum Gasteiger partial charge on any atom is -0.355 e. The van der Waals surface area contributed by atoms with Gasteiger partial charge >= 0.3 is 15.5 Å². The number of carbonyl (C=O) groups is 1. The Morgan fingerprint density at radius 2 is 1.94 bits per heavy atom. The lowest BCUT2D eigenvalue weighted by Crippen LogP contribution is -2.46. The number of halogens is 4. The highest BCUT2D eigenvalue weighted by Gasteiger charge is 2.46. The van der Waals surface area contributed by atoms with Crippen LogP contribution in [-0.4, -0.2) is 48.8 Å². The van der Waals surface area contributed by atoms with Gasteiger partial charge in [0.25, 0.3) is 5.91 Å². The van der Waals surface area contributed by atoms with Gasteiger partial charge in [0.1, 0.15) is 5.82 Å². The number of benzene rings is 2. The lowest BCUT2D eigenvalue weighted by Gasteiger charge is -2.25. The summed E-state index contributed by atoms with van der Waals surface area (Å²) >= 11 is 0. The number of hydrogen-bond acceptors (Lipinski definition) is 5. The van der Waals surface area contributed by atoms with Gasteiger partial charge in [-0.15, -0.1) is 0 Å². The molecule has 0 saturated carbocycles. The molecular weight excluding hydrogens is 488 g/mol. The van der Waals surface area contributed by atoms with E-state index in [2.05, 4.69) is 10.3 Å². The Labute approximate surface area is 199 Å². The zero-order valence-corrected chi connectivity index (χ0v) is 19.4. The van der Waals surface area contributed by atoms with Crippen LogP contribution in [0, 0.1) is 12.7 Å². The van der Waals surface area contributed by atoms with Gasteiger partial charge in [0, 0.05) is 42.1 Å². The molecule has 3 aromatic rings. The summed E-state index contributed by atoms with van der Waals surface area (Å²) in [7, 11) is -5.50. The monoisotopic (exact) mass is 510 g/mol. The van der Waals surface area contributed by atoms with Crippen molar-refractivity contribution in [1.29, 1.82) is 0 Å². The maximum atomic E-state index is 13.4. The van der Waals surface area contributed by atoms with Crippen LogP contribution in [0.2, 0.25) is 0 Å². The largest absolute Gasteiger partial charge is 0.511 e. The minimum absolute atomic E-state index is 0.285. The maximum absolute atomic E-state index is 13.4. The molecule has 35 heavy (non-hydrogen) atoms. The standard InChI is InChI=1S/C23H22F4N4O3S/c1-14-11-15(24)4-6-20(14)30-16-5-7-21-19(12-16)18(8-9-28-21)22(32)31-10-2-3-17(31)13-29-35(33,34)23(25,26)27/h4-9,11-12,17,29-30H,2-3,10,13H2,1H3. The first kappa shape index (κ1) is 24.9. The normalized spacial score (nSPS) is 16.6. The van der Waals surface area contributed by atoms with Gasteiger partial charge in [0.2, 0.25) is 0 Å². The van der Waals surface area contributed by atoms with Crippen molar-refractivity contribution in [2.45, 2.75) is 31.3 Å². The number of nitrogens with zero attached hydrogens (tertiary/aromatic N) is 2. The predicted octanol–water partition coefficient (Wildman–Crippen LogP) is 4.47. The van der Waals surface area contributed by atoms with Crippen molar-refractivity contribution < 1.29 is 30.8 Å². The second-order valence-corrected chi connectivity index (χ2v) is 10.0. The number of amides is 1. The molecule has 186 valence electrons. The molecule has 1 saturated heterocycles. The van der Waals surface area contributed by atoms with E-state index in [9.17, 15) is 30.8 Å². The van der Waals surface area contributed by atoms with Crippen LogP contribution in [0.25, 0.3) is 10.9 Å². The van der Waals surface area contributed by atoms with Crippen LogP contribution in [0.4, 0.5) is 28.9 Å². The van der Waals surface area contributed by atoms with Gasteiger partial charge in [-0.3, -0.25) is 9.78 Å². The fourth-order valence-corrected chi connectivity index (χ4v) is 4.67. The van der Waals surface area contributed by atoms with Crippen molar-refractivity contribution >= 4 is 38.2 Å². The Balaban J connectivity index is 1.59. The first-order valence-electron chi connectivity index (χ1n) is 10.7. The third-order valence-electron chi connectivity index (χ3n) is 5.89. The number of aromatic nitrogens is 1. The fraction of sp³-hybridized carbons (Fsp3) is 0.304. The average molecular weight is 511 g/mol. The molecule has 0 aliphatic carbocycles. The smallest absolute Gasteiger partial charge is 0.355 e. The molecule has 1 fully saturated rings. The number of carbonyl (C=O) groups excluding carboxylic acids is 1. The number of fused-ring (bicyclic) bond motifs is 1. The van der Waals surface area contributed by atoms with E-state index >= 15 is 0 Å². The molecular formula is C23H22F4N4O3S. The maximum Gasteiger partial charge on any atom is 0.511 e. The van der Waals surface area contributed by atoms with E-state index in [4.69, 9.17) is 0 Å². The number of pyridine rings is 1. The van der Waals surface area contributed by atoms with Gasteiger partial charge in [-0.25, -0.2) is 17.5 Å². The number of nitrogens with one attached hydrogen (secondary N) is 2. The van der Waals surface area contributed by atoms with Crippen molar-refractivity contribution in [3.05, 3.63) is 65.6 Å². The first-order chi connectivity index (χ1) is 16.5. The number of sulfonamides is 1. The SMILES string of the molecule is Cc1cc(F)ccc1Nc1ccc2nccc(C(=O)N3CCCC3CNS(=O)(=O)C(F)(F)F)c2c1. The fourth-order valence-electron chi connectivity index (χ4n) is 4.09. The minimum atomic E-state index is -5.50. The highest BCUT2D eigenvalue weighted by atomic mass is 32.2. The zero-order valence-electron chi connectivity index (χ0n) is 18.6. The van der Waals surface area contributed by atoms with Crippen LogP contribution >= 0.6 is 0 Å². The second-order valence-electron chi connectivity index (χ2n) is 8.27. The highest BCUT2D eigenvalue weighted by Crippen LogP contribution is 2.29. The highest BCUT2D eigenvalue weighted by molar-refractivity contribution is 7.90. The van der Waals surface area contributed by atoms with Crippen molar-refractivity contribution in [3.63, 3.8) is 0 Å². The number of anilines is 2. The topological polar surface area (TPSA) is 91.4 Å². The van der Waals surface area contributed by atoms with E-state index in [1.165, 1.54) is 29.3 Å². The van der Waals surface area contributed by atoms with Crippen LogP contribution in [0.5, 0.6) is 0 Å². The third kappa shape index (κ3) is 5.22. The van der Waals surface area contributed by atoms with Crippen molar-refractivity contribution in [2.24, 2.45) is 0 Å². The Hall–Kier alpha value is -3.25. The van der Waals surface area contributed by atoms with E-state index < -0.39 is 34.0 Å². The number of aryl methyl sites for hydroxylation is 1. The number of rotatable bonds is 6. The van der Waals surface area contributed by atoms with E-state index in [0.29, 0.717) is 46.2 Å². The molecule has 1 aliphatic heterocycles. The molecule has 1 atom stereocenters. The molecule has 0 bridgehead atoms. The van der Waals surface area contributed by atoms with Gasteiger partial charge in [-0.2, -0.15) is 13.2 Å². The quantitative estimate of drug-likeness (QED) is 0.478. The molecule has 0 spiro atoms. The van der Waals surface area contributed by atoms with Crippen LogP contribution in [0.3, 0.4) is 0 Å². The molecule has 0 radical (unpaired) electrons. The summed E-state index contributed by atoms with van der Waals surface area (Å²) in [6.07, 6.45) is 2.36. The average Bonchev–Trinajstić information content (AvgIpc) is 3.27. The zero-order chi connectivity index (χ0) is 25.4. The summed E-state index contributed by atoms with van der Waals surface area (Å²) in [5.41, 5.74) is -2.60. The van der Waals surface area contributed by atoms with E-state index in [-0.39, 0.29) is 12.4 Å². The Morgan fingerprint density at radius 1 is 1.17 bits per heavy atom. The molecule has 1 aromatic heterocycles. The van der Waals surface area contributed by atoms with Gasteiger partial charge in [-0.05, 0) is 67.8 Å². The van der Waals surface area contributed by atoms with Crippen LogP contribution in [-0.2, 0) is 10.0 Å². The molecule has 2 heterocycles. The Bertz CT molecular complexity index is 1380. The Morgan fingerprint density at radius 3 is 2.66 bits per heavy atom. The second kappa shape index (κ2) is 9.42. The number of hydrogen-bond donors (Lipinski definition) is 2. The van der Waals surface area contributed by atoms with Crippen LogP contribution < -0.4 is 10.0 Å². The van der Waals surface area contributed by atoms with Gasteiger partial charge in [0.05, 0.1) is 11.1 Å². The molecule has 4 rings (SSSR count). The summed E-state index contributed by atoms with van der Waals surface area (Å²) in [6.45, 7) is 1.50. The number of alkyl halides is 3. The predicted molar refractivity (Wildman–Crippen MR) is 123 cm³/mol. The number of likely N-dealkylation sites (tertiary alicyclic amines) is 1. The van der Waals surface area contributed by atoms with Gasteiger partial charge in [-0.1, -0.05) is 0 Å². The molecule has 1 amide bonds. The van der Waals surface area contributed by atoms with Gasteiger partial charge < -0.3 is 10.2 Å². The molecule has 7 nitrogen and oxygen atoms in total. The summed E-state index contributed by atoms with van der Waals surface area (Å²) in [5, 5.41) is 3.70. The summed E-state index contributed by atoms with van der Waals surface area (Å²) in [6, 6.07) is 10.3. The van der Waals surface area contributed by atoms with Crippen molar-refractivity contribution in [1.82, 2.24) is 14.6 Å². The lowest BCUT2D eigenvalue weighted by atomic mass is 10.1. The molecule has 2 aromatic carbocycles. The van der Waals surface area contributed by atoms with E-state index in [0.717, 1.165) is 0 Å². The van der Waals surface area contributed by atoms with Crippen LogP contribution in [0.1, 0.15) is 28.8 Å². The summed E-state index contributed by atoms with van der Waals surface area (Å²) < 4.78 is 75.8. The van der Waals surface area contributed by atoms with Gasteiger partial charge in [0.15, 0.2) is 0 Å².